The molecule has 1 N–H and O–H groups in total. The number of nitrogens with one attached hydrogen (secondary N) is 1. The van der Waals surface area contributed by atoms with E-state index in [1.807, 2.05) is 0 Å². The summed E-state index contributed by atoms with van der Waals surface area (Å²) < 4.78 is 27.0. The average molecular weight is 448 g/mol. The lowest BCUT2D eigenvalue weighted by Gasteiger charge is -2.31. The van der Waals surface area contributed by atoms with E-state index in [1.165, 1.54) is 28.6 Å². The highest BCUT2D eigenvalue weighted by atomic mass is 35.5. The molecule has 2 aromatic rings. The van der Waals surface area contributed by atoms with Crippen LogP contribution in [-0.2, 0) is 14.8 Å². The molecule has 1 fully saturated rings. The molecular weight excluding hydrogens is 431 g/mol. The SMILES string of the molecule is O=C(Nc1cccc(Cl)c1Cl)C1CCCN(S(=O)(=O)c2ccc(Cl)cc2)C1. The summed E-state index contributed by atoms with van der Waals surface area (Å²) in [5, 5.41) is 3.80. The summed E-state index contributed by atoms with van der Waals surface area (Å²) >= 11 is 17.9. The molecule has 1 aliphatic rings. The summed E-state index contributed by atoms with van der Waals surface area (Å²) in [5.74, 6) is -0.758. The van der Waals surface area contributed by atoms with E-state index >= 15 is 0 Å². The van der Waals surface area contributed by atoms with E-state index < -0.39 is 15.9 Å². The monoisotopic (exact) mass is 446 g/mol. The minimum Gasteiger partial charge on any atom is -0.324 e. The Balaban J connectivity index is 1.74. The molecule has 1 amide bonds. The first-order valence-corrected chi connectivity index (χ1v) is 10.9. The molecule has 1 saturated heterocycles. The third kappa shape index (κ3) is 4.58. The molecule has 0 spiro atoms. The maximum absolute atomic E-state index is 12.8. The number of hydrogen-bond acceptors (Lipinski definition) is 3. The first-order valence-electron chi connectivity index (χ1n) is 8.29. The molecule has 0 saturated carbocycles. The molecule has 144 valence electrons. The summed E-state index contributed by atoms with van der Waals surface area (Å²) in [7, 11) is -3.69. The van der Waals surface area contributed by atoms with E-state index in [4.69, 9.17) is 34.8 Å². The van der Waals surface area contributed by atoms with Crippen LogP contribution in [0.15, 0.2) is 47.4 Å². The number of sulfonamides is 1. The van der Waals surface area contributed by atoms with Gasteiger partial charge in [0.25, 0.3) is 0 Å². The minimum absolute atomic E-state index is 0.106. The fourth-order valence-electron chi connectivity index (χ4n) is 2.97. The van der Waals surface area contributed by atoms with Crippen LogP contribution in [0.5, 0.6) is 0 Å². The fraction of sp³-hybridized carbons (Fsp3) is 0.278. The van der Waals surface area contributed by atoms with Gasteiger partial charge >= 0.3 is 0 Å². The van der Waals surface area contributed by atoms with Crippen LogP contribution in [0, 0.1) is 5.92 Å². The summed E-state index contributed by atoms with van der Waals surface area (Å²) in [6.07, 6.45) is 1.19. The second kappa shape index (κ2) is 8.37. The van der Waals surface area contributed by atoms with E-state index in [-0.39, 0.29) is 22.4 Å². The minimum atomic E-state index is -3.69. The van der Waals surface area contributed by atoms with Gasteiger partial charge in [0.05, 0.1) is 26.5 Å². The molecule has 0 radical (unpaired) electrons. The van der Waals surface area contributed by atoms with Crippen molar-refractivity contribution in [2.45, 2.75) is 17.7 Å². The summed E-state index contributed by atoms with van der Waals surface area (Å²) in [6, 6.07) is 11.0. The topological polar surface area (TPSA) is 66.5 Å². The number of benzene rings is 2. The lowest BCUT2D eigenvalue weighted by Crippen LogP contribution is -2.43. The van der Waals surface area contributed by atoms with E-state index in [2.05, 4.69) is 5.32 Å². The lowest BCUT2D eigenvalue weighted by atomic mass is 9.99. The normalized spacial score (nSPS) is 18.3. The molecule has 0 bridgehead atoms. The summed E-state index contributed by atoms with van der Waals surface area (Å²) in [5.41, 5.74) is 0.409. The molecule has 9 heteroatoms. The molecular formula is C18H17Cl3N2O3S. The van der Waals surface area contributed by atoms with Crippen molar-refractivity contribution in [2.75, 3.05) is 18.4 Å². The number of amides is 1. The van der Waals surface area contributed by atoms with Crippen molar-refractivity contribution in [2.24, 2.45) is 5.92 Å². The number of carbonyl (C=O) groups is 1. The second-order valence-corrected chi connectivity index (χ2v) is 9.41. The highest BCUT2D eigenvalue weighted by Crippen LogP contribution is 2.31. The lowest BCUT2D eigenvalue weighted by molar-refractivity contribution is -0.120. The standard InChI is InChI=1S/C18H17Cl3N2O3S/c19-13-6-8-14(9-7-13)27(25,26)23-10-2-3-12(11-23)18(24)22-16-5-1-4-15(20)17(16)21/h1,4-9,12H,2-3,10-11H2,(H,22,24). The number of piperidine rings is 1. The molecule has 27 heavy (non-hydrogen) atoms. The molecule has 1 unspecified atom stereocenters. The highest BCUT2D eigenvalue weighted by Gasteiger charge is 2.33. The van der Waals surface area contributed by atoms with Gasteiger partial charge in [0, 0.05) is 18.1 Å². The number of halogens is 3. The van der Waals surface area contributed by atoms with Crippen LogP contribution in [0.3, 0.4) is 0 Å². The fourth-order valence-corrected chi connectivity index (χ4v) is 4.96. The van der Waals surface area contributed by atoms with Crippen molar-refractivity contribution in [3.8, 4) is 0 Å². The Hall–Kier alpha value is -1.31. The maximum atomic E-state index is 12.8. The third-order valence-electron chi connectivity index (χ3n) is 4.42. The van der Waals surface area contributed by atoms with Gasteiger partial charge in [0.15, 0.2) is 0 Å². The van der Waals surface area contributed by atoms with Crippen LogP contribution in [0.4, 0.5) is 5.69 Å². The quantitative estimate of drug-likeness (QED) is 0.739. The van der Waals surface area contributed by atoms with Gasteiger partial charge in [-0.2, -0.15) is 4.31 Å². The number of rotatable bonds is 4. The number of hydrogen-bond donors (Lipinski definition) is 1. The van der Waals surface area contributed by atoms with Crippen molar-refractivity contribution in [3.63, 3.8) is 0 Å². The largest absolute Gasteiger partial charge is 0.324 e. The molecule has 3 rings (SSSR count). The smallest absolute Gasteiger partial charge is 0.243 e. The van der Waals surface area contributed by atoms with Crippen LogP contribution >= 0.6 is 34.8 Å². The average Bonchev–Trinajstić information content (AvgIpc) is 2.66. The van der Waals surface area contributed by atoms with Gasteiger partial charge < -0.3 is 5.32 Å². The summed E-state index contributed by atoms with van der Waals surface area (Å²) in [6.45, 7) is 0.474. The Morgan fingerprint density at radius 3 is 2.48 bits per heavy atom. The first kappa shape index (κ1) is 20.4. The maximum Gasteiger partial charge on any atom is 0.243 e. The second-order valence-electron chi connectivity index (χ2n) is 6.25. The number of carbonyl (C=O) groups excluding carboxylic acids is 1. The van der Waals surface area contributed by atoms with E-state index in [1.54, 1.807) is 18.2 Å². The predicted octanol–water partition coefficient (Wildman–Crippen LogP) is 4.69. The van der Waals surface area contributed by atoms with E-state index in [9.17, 15) is 13.2 Å². The van der Waals surface area contributed by atoms with E-state index in [0.29, 0.717) is 35.1 Å². The Morgan fingerprint density at radius 2 is 1.78 bits per heavy atom. The van der Waals surface area contributed by atoms with Gasteiger partial charge in [-0.3, -0.25) is 4.79 Å². The van der Waals surface area contributed by atoms with Crippen LogP contribution in [0.2, 0.25) is 15.1 Å². The summed E-state index contributed by atoms with van der Waals surface area (Å²) in [4.78, 5) is 12.8. The van der Waals surface area contributed by atoms with Gasteiger partial charge in [-0.15, -0.1) is 0 Å². The zero-order chi connectivity index (χ0) is 19.6. The predicted molar refractivity (Wildman–Crippen MR) is 108 cm³/mol. The van der Waals surface area contributed by atoms with Gasteiger partial charge in [-0.1, -0.05) is 40.9 Å². The van der Waals surface area contributed by atoms with Gasteiger partial charge in [0.1, 0.15) is 0 Å². The molecule has 2 aromatic carbocycles. The Bertz CT molecular complexity index is 949. The van der Waals surface area contributed by atoms with Crippen molar-refractivity contribution in [1.82, 2.24) is 4.31 Å². The van der Waals surface area contributed by atoms with Crippen LogP contribution < -0.4 is 5.32 Å². The van der Waals surface area contributed by atoms with Crippen LogP contribution in [0.1, 0.15) is 12.8 Å². The van der Waals surface area contributed by atoms with Crippen molar-refractivity contribution < 1.29 is 13.2 Å². The van der Waals surface area contributed by atoms with Crippen molar-refractivity contribution >= 4 is 56.4 Å². The van der Waals surface area contributed by atoms with Crippen LogP contribution in [-0.4, -0.2) is 31.7 Å². The third-order valence-corrected chi connectivity index (χ3v) is 7.37. The van der Waals surface area contributed by atoms with Gasteiger partial charge in [-0.05, 0) is 49.2 Å². The highest BCUT2D eigenvalue weighted by molar-refractivity contribution is 7.89. The molecule has 0 aliphatic carbocycles. The first-order chi connectivity index (χ1) is 12.8. The Labute approximate surface area is 173 Å². The van der Waals surface area contributed by atoms with Gasteiger partial charge in [-0.25, -0.2) is 8.42 Å². The van der Waals surface area contributed by atoms with Crippen LogP contribution in [0.25, 0.3) is 0 Å². The Kier molecular flexibility index (Phi) is 6.33. The molecule has 1 aliphatic heterocycles. The van der Waals surface area contributed by atoms with Crippen molar-refractivity contribution in [3.05, 3.63) is 57.5 Å². The number of nitrogens with zero attached hydrogens (tertiary/aromatic N) is 1. The number of anilines is 1. The molecule has 1 heterocycles. The molecule has 5 nitrogen and oxygen atoms in total. The van der Waals surface area contributed by atoms with E-state index in [0.717, 1.165) is 0 Å². The molecule has 0 aromatic heterocycles. The molecule has 1 atom stereocenters. The zero-order valence-electron chi connectivity index (χ0n) is 14.2. The Morgan fingerprint density at radius 1 is 1.07 bits per heavy atom. The van der Waals surface area contributed by atoms with Gasteiger partial charge in [0.2, 0.25) is 15.9 Å². The zero-order valence-corrected chi connectivity index (χ0v) is 17.2. The van der Waals surface area contributed by atoms with Crippen molar-refractivity contribution in [1.29, 1.82) is 0 Å².